The molecule has 0 radical (unpaired) electrons. The number of allylic oxidation sites excluding steroid dienone is 21. The summed E-state index contributed by atoms with van der Waals surface area (Å²) in [6, 6.07) is -0.905. The van der Waals surface area contributed by atoms with E-state index in [0.717, 1.165) is 96.3 Å². The lowest BCUT2D eigenvalue weighted by atomic mass is 10.0. The molecular weight excluding hydrogens is 976 g/mol. The summed E-state index contributed by atoms with van der Waals surface area (Å²) in [5.41, 5.74) is 0. The predicted molar refractivity (Wildman–Crippen MR) is 332 cm³/mol. The molecule has 0 aromatic carbocycles. The molecule has 3 atom stereocenters. The van der Waals surface area contributed by atoms with Gasteiger partial charge < -0.3 is 19.4 Å². The van der Waals surface area contributed by atoms with Crippen molar-refractivity contribution in [2.75, 3.05) is 40.9 Å². The number of phosphoric ester groups is 1. The predicted octanol–water partition coefficient (Wildman–Crippen LogP) is 18.9. The summed E-state index contributed by atoms with van der Waals surface area (Å²) in [5, 5.41) is 3.00. The second-order valence-electron chi connectivity index (χ2n) is 21.1. The number of amides is 1. The number of carbonyl (C=O) groups excluding carboxylic acids is 2. The molecule has 0 saturated heterocycles. The molecule has 9 nitrogen and oxygen atoms in total. The van der Waals surface area contributed by atoms with Crippen molar-refractivity contribution in [3.8, 4) is 0 Å². The van der Waals surface area contributed by atoms with E-state index in [4.69, 9.17) is 13.8 Å². The first-order chi connectivity index (χ1) is 37.4. The van der Waals surface area contributed by atoms with Crippen molar-refractivity contribution in [3.05, 3.63) is 134 Å². The number of hydrogen-bond donors (Lipinski definition) is 2. The van der Waals surface area contributed by atoms with Crippen LogP contribution in [0.5, 0.6) is 0 Å². The molecule has 10 heteroatoms. The summed E-state index contributed by atoms with van der Waals surface area (Å²) in [6.45, 7) is 6.78. The zero-order chi connectivity index (χ0) is 56.4. The average Bonchev–Trinajstić information content (AvgIpc) is 3.39. The van der Waals surface area contributed by atoms with E-state index < -0.39 is 20.0 Å². The molecule has 0 heterocycles. The van der Waals surface area contributed by atoms with Crippen LogP contribution in [0.25, 0.3) is 0 Å². The molecule has 0 bridgehead atoms. The molecule has 0 aromatic heterocycles. The van der Waals surface area contributed by atoms with Gasteiger partial charge in [0.1, 0.15) is 19.3 Å². The number of rotatable bonds is 53. The van der Waals surface area contributed by atoms with E-state index >= 15 is 0 Å². The molecule has 0 rings (SSSR count). The van der Waals surface area contributed by atoms with Gasteiger partial charge in [-0.25, -0.2) is 4.57 Å². The summed E-state index contributed by atoms with van der Waals surface area (Å²) in [6.07, 6.45) is 78.9. The number of esters is 1. The van der Waals surface area contributed by atoms with Gasteiger partial charge in [-0.1, -0.05) is 225 Å². The van der Waals surface area contributed by atoms with Crippen LogP contribution >= 0.6 is 7.82 Å². The number of carbonyl (C=O) groups is 2. The first-order valence-electron chi connectivity index (χ1n) is 30.5. The quantitative estimate of drug-likeness (QED) is 0.0205. The van der Waals surface area contributed by atoms with Crippen LogP contribution in [0, 0.1) is 0 Å². The second-order valence-corrected chi connectivity index (χ2v) is 22.6. The molecule has 3 unspecified atom stereocenters. The van der Waals surface area contributed by atoms with Crippen LogP contribution in [-0.4, -0.2) is 74.3 Å². The summed E-state index contributed by atoms with van der Waals surface area (Å²) in [5.74, 6) is -0.632. The molecule has 77 heavy (non-hydrogen) atoms. The highest BCUT2D eigenvalue weighted by atomic mass is 31.2. The van der Waals surface area contributed by atoms with Crippen molar-refractivity contribution in [3.63, 3.8) is 0 Å². The molecule has 438 valence electrons. The van der Waals surface area contributed by atoms with Gasteiger partial charge in [-0.15, -0.1) is 0 Å². The van der Waals surface area contributed by atoms with E-state index in [1.54, 1.807) is 0 Å². The fraction of sp³-hybridized carbons (Fsp3) is 0.642. The summed E-state index contributed by atoms with van der Waals surface area (Å²) in [7, 11) is 1.42. The Morgan fingerprint density at radius 1 is 0.468 bits per heavy atom. The summed E-state index contributed by atoms with van der Waals surface area (Å²) >= 11 is 0. The molecule has 0 aliphatic carbocycles. The number of likely N-dealkylation sites (N-methyl/N-ethyl adjacent to an activating group) is 1. The smallest absolute Gasteiger partial charge is 0.456 e. The first kappa shape index (κ1) is 73.2. The van der Waals surface area contributed by atoms with Crippen LogP contribution in [0.1, 0.15) is 226 Å². The van der Waals surface area contributed by atoms with Gasteiger partial charge in [0.15, 0.2) is 0 Å². The van der Waals surface area contributed by atoms with Crippen LogP contribution in [0.3, 0.4) is 0 Å². The lowest BCUT2D eigenvalue weighted by Crippen LogP contribution is -2.47. The Balaban J connectivity index is 5.49. The van der Waals surface area contributed by atoms with Gasteiger partial charge >= 0.3 is 13.8 Å². The van der Waals surface area contributed by atoms with Crippen molar-refractivity contribution >= 4 is 19.7 Å². The molecule has 0 aliphatic heterocycles. The number of ether oxygens (including phenoxy) is 1. The van der Waals surface area contributed by atoms with Gasteiger partial charge in [0.2, 0.25) is 5.91 Å². The maximum absolute atomic E-state index is 13.5. The van der Waals surface area contributed by atoms with Crippen LogP contribution < -0.4 is 5.32 Å². The Morgan fingerprint density at radius 3 is 1.30 bits per heavy atom. The molecule has 0 saturated carbocycles. The van der Waals surface area contributed by atoms with E-state index in [0.29, 0.717) is 23.9 Å². The van der Waals surface area contributed by atoms with Gasteiger partial charge in [0.05, 0.1) is 33.8 Å². The van der Waals surface area contributed by atoms with Gasteiger partial charge in [-0.3, -0.25) is 18.6 Å². The Labute approximate surface area is 473 Å². The van der Waals surface area contributed by atoms with Crippen LogP contribution in [-0.2, 0) is 27.9 Å². The minimum atomic E-state index is -4.48. The van der Waals surface area contributed by atoms with Gasteiger partial charge in [-0.2, -0.15) is 0 Å². The van der Waals surface area contributed by atoms with Crippen LogP contribution in [0.15, 0.2) is 134 Å². The maximum Gasteiger partial charge on any atom is 0.472 e. The minimum Gasteiger partial charge on any atom is -0.456 e. The third-order valence-electron chi connectivity index (χ3n) is 12.6. The number of nitrogens with zero attached hydrogens (tertiary/aromatic N) is 1. The van der Waals surface area contributed by atoms with Gasteiger partial charge in [-0.05, 0) is 122 Å². The zero-order valence-corrected chi connectivity index (χ0v) is 50.8. The molecule has 1 amide bonds. The fourth-order valence-electron chi connectivity index (χ4n) is 7.87. The molecule has 0 aliphatic rings. The molecular formula is C67H114N2O7P+. The first-order valence-corrected chi connectivity index (χ1v) is 32.0. The Bertz CT molecular complexity index is 1780. The minimum absolute atomic E-state index is 0.0155. The standard InChI is InChI=1S/C67H113N2O7P/c1-7-10-13-16-19-22-25-28-30-32-33-34-35-37-39-42-45-48-51-54-57-60-67(71)76-65(58-55-52-49-46-43-40-27-24-21-18-15-12-9-3)64(63-75-77(72,73)74-62-61-69(4,5)6)68-66(70)59-56-53-50-47-44-41-38-36-31-29-26-23-20-17-14-11-8-2/h10,13,19-20,22-23,28-31,33-34,37-39,41,45,47-48,50,55,58,64-65H,7-9,11-12,14-18,21,24-27,32,35-36,40,42-44,46,49,51-54,56-57,59-63H2,1-6H3,(H-,68,70,72,73)/p+1/b13-10-,22-19-,23-20-,30-28-,31-29-,34-33-,39-37-,41-38-,48-45-,50-47-,58-55+. The Hall–Kier alpha value is -3.85. The second kappa shape index (κ2) is 55.5. The lowest BCUT2D eigenvalue weighted by Gasteiger charge is -2.27. The van der Waals surface area contributed by atoms with E-state index in [1.807, 2.05) is 33.3 Å². The van der Waals surface area contributed by atoms with E-state index in [9.17, 15) is 19.0 Å². The summed E-state index contributed by atoms with van der Waals surface area (Å²) < 4.78 is 30.6. The van der Waals surface area contributed by atoms with Gasteiger partial charge in [0, 0.05) is 12.8 Å². The number of hydrogen-bond acceptors (Lipinski definition) is 6. The third kappa shape index (κ3) is 56.7. The SMILES string of the molecule is CC/C=C\C/C=C\C/C=C\C/C=C\C/C=C\C/C=C\CCCCC(=O)OC(/C=C/CCCCCCCCCCCCC)C(COP(=O)(O)OCC[N+](C)(C)C)NC(=O)CCC/C=C\C/C=C\C/C=C\C/C=C\CCCCC. The fourth-order valence-corrected chi connectivity index (χ4v) is 8.61. The zero-order valence-electron chi connectivity index (χ0n) is 49.9. The van der Waals surface area contributed by atoms with Gasteiger partial charge in [0.25, 0.3) is 0 Å². The normalized spacial score (nSPS) is 14.6. The Morgan fingerprint density at radius 2 is 0.844 bits per heavy atom. The van der Waals surface area contributed by atoms with E-state index in [-0.39, 0.29) is 37.9 Å². The van der Waals surface area contributed by atoms with Crippen molar-refractivity contribution in [2.24, 2.45) is 0 Å². The number of phosphoric acid groups is 1. The highest BCUT2D eigenvalue weighted by Gasteiger charge is 2.30. The van der Waals surface area contributed by atoms with E-state index in [1.165, 1.54) is 83.5 Å². The Kier molecular flexibility index (Phi) is 52.7. The maximum atomic E-state index is 13.5. The topological polar surface area (TPSA) is 111 Å². The van der Waals surface area contributed by atoms with Crippen molar-refractivity contribution in [1.29, 1.82) is 0 Å². The number of nitrogens with one attached hydrogen (secondary N) is 1. The summed E-state index contributed by atoms with van der Waals surface area (Å²) in [4.78, 5) is 37.7. The van der Waals surface area contributed by atoms with Crippen LogP contribution in [0.2, 0.25) is 0 Å². The van der Waals surface area contributed by atoms with E-state index in [2.05, 4.69) is 148 Å². The average molecular weight is 1090 g/mol. The monoisotopic (exact) mass is 1090 g/mol. The van der Waals surface area contributed by atoms with Crippen molar-refractivity contribution < 1.29 is 37.3 Å². The lowest BCUT2D eigenvalue weighted by molar-refractivity contribution is -0.870. The third-order valence-corrected chi connectivity index (χ3v) is 13.6. The molecule has 0 spiro atoms. The highest BCUT2D eigenvalue weighted by molar-refractivity contribution is 7.47. The van der Waals surface area contributed by atoms with Crippen molar-refractivity contribution in [1.82, 2.24) is 5.32 Å². The highest BCUT2D eigenvalue weighted by Crippen LogP contribution is 2.43. The molecule has 0 fully saturated rings. The number of unbranched alkanes of at least 4 members (excludes halogenated alkanes) is 17. The largest absolute Gasteiger partial charge is 0.472 e. The number of quaternary nitrogens is 1. The van der Waals surface area contributed by atoms with Crippen molar-refractivity contribution in [2.45, 2.75) is 238 Å². The molecule has 2 N–H and O–H groups in total. The molecule has 0 aromatic rings. The van der Waals surface area contributed by atoms with Crippen LogP contribution in [0.4, 0.5) is 0 Å².